The molecule has 2 atom stereocenters. The van der Waals surface area contributed by atoms with Crippen LogP contribution in [0.1, 0.15) is 38.7 Å². The zero-order valence-corrected chi connectivity index (χ0v) is 12.5. The normalized spacial score (nSPS) is 24.2. The lowest BCUT2D eigenvalue weighted by molar-refractivity contribution is 0.0541. The first-order valence-electron chi connectivity index (χ1n) is 6.53. The average molecular weight is 315 g/mol. The lowest BCUT2D eigenvalue weighted by Crippen LogP contribution is -2.31. The lowest BCUT2D eigenvalue weighted by Gasteiger charge is -2.31. The Hall–Kier alpha value is -0.410. The van der Waals surface area contributed by atoms with Crippen molar-refractivity contribution in [2.75, 3.05) is 0 Å². The van der Waals surface area contributed by atoms with Crippen LogP contribution in [0.2, 0.25) is 0 Å². The van der Waals surface area contributed by atoms with Crippen LogP contribution >= 0.6 is 15.9 Å². The van der Waals surface area contributed by atoms with E-state index in [1.807, 2.05) is 6.07 Å². The van der Waals surface area contributed by atoms with Gasteiger partial charge in [-0.15, -0.1) is 0 Å². The van der Waals surface area contributed by atoms with Crippen molar-refractivity contribution in [3.63, 3.8) is 0 Å². The Balaban J connectivity index is 2.12. The number of aliphatic hydroxyl groups excluding tert-OH is 1. The van der Waals surface area contributed by atoms with Gasteiger partial charge in [-0.3, -0.25) is 0 Å². The molecule has 1 fully saturated rings. The van der Waals surface area contributed by atoms with Gasteiger partial charge in [0.2, 0.25) is 0 Å². The highest BCUT2D eigenvalue weighted by atomic mass is 79.9. The fourth-order valence-electron chi connectivity index (χ4n) is 3.14. The molecule has 0 aliphatic heterocycles. The summed E-state index contributed by atoms with van der Waals surface area (Å²) >= 11 is 3.26. The quantitative estimate of drug-likeness (QED) is 0.881. The van der Waals surface area contributed by atoms with Gasteiger partial charge in [-0.2, -0.15) is 0 Å². The van der Waals surface area contributed by atoms with Crippen molar-refractivity contribution in [1.29, 1.82) is 0 Å². The van der Waals surface area contributed by atoms with E-state index in [0.717, 1.165) is 12.0 Å². The van der Waals surface area contributed by atoms with Crippen molar-refractivity contribution in [1.82, 2.24) is 0 Å². The Labute approximate surface area is 117 Å². The molecule has 100 valence electrons. The summed E-state index contributed by atoms with van der Waals surface area (Å²) in [7, 11) is 0. The molecule has 1 aliphatic carbocycles. The summed E-state index contributed by atoms with van der Waals surface area (Å²) < 4.78 is 13.9. The topological polar surface area (TPSA) is 20.2 Å². The third-order valence-corrected chi connectivity index (χ3v) is 5.15. The van der Waals surface area contributed by atoms with E-state index < -0.39 is 0 Å². The van der Waals surface area contributed by atoms with Gasteiger partial charge in [0.15, 0.2) is 0 Å². The zero-order chi connectivity index (χ0) is 13.3. The molecular formula is C15H20BrFO. The predicted octanol–water partition coefficient (Wildman–Crippen LogP) is 4.32. The van der Waals surface area contributed by atoms with Crippen LogP contribution in [0.3, 0.4) is 0 Å². The Morgan fingerprint density at radius 1 is 1.50 bits per heavy atom. The molecule has 1 saturated carbocycles. The van der Waals surface area contributed by atoms with E-state index >= 15 is 0 Å². The number of rotatable bonds is 3. The molecule has 1 aliphatic rings. The second-order valence-electron chi connectivity index (χ2n) is 5.97. The number of halogens is 2. The smallest absolute Gasteiger partial charge is 0.137 e. The van der Waals surface area contributed by atoms with Crippen LogP contribution < -0.4 is 0 Å². The highest BCUT2D eigenvalue weighted by Crippen LogP contribution is 2.45. The number of benzene rings is 1. The Morgan fingerprint density at radius 2 is 2.22 bits per heavy atom. The zero-order valence-electron chi connectivity index (χ0n) is 10.9. The van der Waals surface area contributed by atoms with Gasteiger partial charge in [-0.1, -0.05) is 32.4 Å². The van der Waals surface area contributed by atoms with Gasteiger partial charge in [0.05, 0.1) is 10.6 Å². The van der Waals surface area contributed by atoms with Gasteiger partial charge in [-0.25, -0.2) is 4.39 Å². The van der Waals surface area contributed by atoms with Gasteiger partial charge in [0.25, 0.3) is 0 Å². The molecule has 1 aromatic rings. The Kier molecular flexibility index (Phi) is 4.12. The van der Waals surface area contributed by atoms with Crippen molar-refractivity contribution in [3.05, 3.63) is 34.1 Å². The van der Waals surface area contributed by atoms with Gasteiger partial charge in [-0.05, 0) is 58.2 Å². The first-order valence-corrected chi connectivity index (χ1v) is 7.32. The number of hydrogen-bond donors (Lipinski definition) is 1. The van der Waals surface area contributed by atoms with Crippen molar-refractivity contribution in [2.24, 2.45) is 11.3 Å². The maximum absolute atomic E-state index is 13.4. The van der Waals surface area contributed by atoms with E-state index in [1.54, 1.807) is 6.07 Å². The molecule has 1 N–H and O–H groups in total. The van der Waals surface area contributed by atoms with Crippen molar-refractivity contribution in [3.8, 4) is 0 Å². The molecule has 0 heterocycles. The molecule has 1 nitrogen and oxygen atoms in total. The Morgan fingerprint density at radius 3 is 2.83 bits per heavy atom. The molecule has 3 heteroatoms. The average Bonchev–Trinajstić information content (AvgIpc) is 2.65. The lowest BCUT2D eigenvalue weighted by atomic mass is 9.77. The molecule has 0 bridgehead atoms. The second kappa shape index (κ2) is 5.30. The first kappa shape index (κ1) is 14.0. The first-order chi connectivity index (χ1) is 8.42. The molecular weight excluding hydrogens is 295 g/mol. The summed E-state index contributed by atoms with van der Waals surface area (Å²) in [5, 5.41) is 10.4. The minimum absolute atomic E-state index is 0.194. The van der Waals surface area contributed by atoms with E-state index in [1.165, 1.54) is 18.9 Å². The van der Waals surface area contributed by atoms with Gasteiger partial charge >= 0.3 is 0 Å². The van der Waals surface area contributed by atoms with E-state index in [-0.39, 0.29) is 17.3 Å². The van der Waals surface area contributed by atoms with Crippen molar-refractivity contribution >= 4 is 15.9 Å². The highest BCUT2D eigenvalue weighted by Gasteiger charge is 2.38. The van der Waals surface area contributed by atoms with Gasteiger partial charge < -0.3 is 5.11 Å². The van der Waals surface area contributed by atoms with Crippen LogP contribution in [0.5, 0.6) is 0 Å². The highest BCUT2D eigenvalue weighted by molar-refractivity contribution is 9.10. The minimum Gasteiger partial charge on any atom is -0.392 e. The van der Waals surface area contributed by atoms with Crippen LogP contribution in [0.15, 0.2) is 22.7 Å². The molecule has 1 aromatic carbocycles. The van der Waals surface area contributed by atoms with Crippen molar-refractivity contribution < 1.29 is 9.50 Å². The number of aliphatic hydroxyl groups is 1. The summed E-state index contributed by atoms with van der Waals surface area (Å²) in [6.45, 7) is 4.43. The van der Waals surface area contributed by atoms with E-state index in [9.17, 15) is 9.50 Å². The maximum atomic E-state index is 13.4. The molecule has 0 saturated heterocycles. The fourth-order valence-corrected chi connectivity index (χ4v) is 3.57. The van der Waals surface area contributed by atoms with Crippen LogP contribution in [0.25, 0.3) is 0 Å². The largest absolute Gasteiger partial charge is 0.392 e. The summed E-state index contributed by atoms with van der Waals surface area (Å²) in [6.07, 6.45) is 3.55. The minimum atomic E-state index is -0.388. The molecule has 0 radical (unpaired) electrons. The molecule has 2 unspecified atom stereocenters. The predicted molar refractivity (Wildman–Crippen MR) is 74.9 cm³/mol. The van der Waals surface area contributed by atoms with Gasteiger partial charge in [0, 0.05) is 0 Å². The van der Waals surface area contributed by atoms with Crippen LogP contribution in [-0.4, -0.2) is 11.2 Å². The van der Waals surface area contributed by atoms with Crippen molar-refractivity contribution in [2.45, 2.75) is 45.6 Å². The summed E-state index contributed by atoms with van der Waals surface area (Å²) in [5.74, 6) is 0.0537. The molecule has 0 spiro atoms. The van der Waals surface area contributed by atoms with E-state index in [0.29, 0.717) is 16.8 Å². The fraction of sp³-hybridized carbons (Fsp3) is 0.600. The van der Waals surface area contributed by atoms with Crippen LogP contribution in [-0.2, 0) is 6.42 Å². The molecule has 0 amide bonds. The van der Waals surface area contributed by atoms with Crippen LogP contribution in [0.4, 0.5) is 4.39 Å². The van der Waals surface area contributed by atoms with Gasteiger partial charge in [0.1, 0.15) is 5.82 Å². The van der Waals surface area contributed by atoms with E-state index in [2.05, 4.69) is 29.8 Å². The molecule has 0 aromatic heterocycles. The summed E-state index contributed by atoms with van der Waals surface area (Å²) in [4.78, 5) is 0. The third kappa shape index (κ3) is 2.77. The monoisotopic (exact) mass is 314 g/mol. The standard InChI is InChI=1S/C15H20BrFO/c1-15(2)8-4-6-11(15)13(18)9-10-5-3-7-12(17)14(10)16/h3,5,7,11,13,18H,4,6,8-9H2,1-2H3. The third-order valence-electron chi connectivity index (χ3n) is 4.27. The Bertz CT molecular complexity index is 431. The molecule has 18 heavy (non-hydrogen) atoms. The molecule has 2 rings (SSSR count). The number of hydrogen-bond acceptors (Lipinski definition) is 1. The second-order valence-corrected chi connectivity index (χ2v) is 6.76. The maximum Gasteiger partial charge on any atom is 0.137 e. The summed E-state index contributed by atoms with van der Waals surface area (Å²) in [5.41, 5.74) is 1.05. The van der Waals surface area contributed by atoms with E-state index in [4.69, 9.17) is 0 Å². The van der Waals surface area contributed by atoms with Crippen LogP contribution in [0, 0.1) is 17.2 Å². The summed E-state index contributed by atoms with van der Waals surface area (Å²) in [6, 6.07) is 5.00. The SMILES string of the molecule is CC1(C)CCCC1C(O)Cc1cccc(F)c1Br.